The third-order valence-electron chi connectivity index (χ3n) is 3.80. The van der Waals surface area contributed by atoms with Gasteiger partial charge in [-0.05, 0) is 39.9 Å². The van der Waals surface area contributed by atoms with Crippen LogP contribution in [0.1, 0.15) is 5.56 Å². The molecule has 3 rings (SSSR count). The van der Waals surface area contributed by atoms with E-state index in [0.717, 1.165) is 0 Å². The summed E-state index contributed by atoms with van der Waals surface area (Å²) in [6.45, 7) is 0. The summed E-state index contributed by atoms with van der Waals surface area (Å²) in [6, 6.07) is 11.2. The number of benzene rings is 1. The number of carbonyl (C=O) groups excluding carboxylic acids is 1. The number of esters is 1. The van der Waals surface area contributed by atoms with Crippen LogP contribution in [0.2, 0.25) is 0 Å². The second kappa shape index (κ2) is 7.17. The summed E-state index contributed by atoms with van der Waals surface area (Å²) in [5.41, 5.74) is 3.07. The number of nitrogens with zero attached hydrogens (tertiary/aromatic N) is 2. The number of aromatic nitrogens is 2. The fourth-order valence-corrected chi connectivity index (χ4v) is 2.67. The van der Waals surface area contributed by atoms with Gasteiger partial charge in [-0.25, -0.2) is 9.97 Å². The Morgan fingerprint density at radius 3 is 1.92 bits per heavy atom. The number of methoxy groups -OCH3 is 1. The maximum absolute atomic E-state index is 13.5. The number of hydrogen-bond acceptors (Lipinski definition) is 4. The first kappa shape index (κ1) is 16.7. The molecule has 4 nitrogen and oxygen atoms in total. The lowest BCUT2D eigenvalue weighted by Crippen LogP contribution is -2.07. The summed E-state index contributed by atoms with van der Waals surface area (Å²) in [5.74, 6) is -1.69. The predicted octanol–water partition coefficient (Wildman–Crippen LogP) is 3.80. The van der Waals surface area contributed by atoms with Crippen LogP contribution in [0.15, 0.2) is 54.9 Å². The second-order valence-corrected chi connectivity index (χ2v) is 5.32. The highest BCUT2D eigenvalue weighted by Crippen LogP contribution is 2.33. The molecule has 25 heavy (non-hydrogen) atoms. The molecular weight excluding hydrogens is 326 g/mol. The first-order valence-electron chi connectivity index (χ1n) is 7.51. The van der Waals surface area contributed by atoms with Crippen molar-refractivity contribution in [2.45, 2.75) is 6.42 Å². The highest BCUT2D eigenvalue weighted by Gasteiger charge is 2.16. The van der Waals surface area contributed by atoms with Crippen LogP contribution >= 0.6 is 0 Å². The van der Waals surface area contributed by atoms with Gasteiger partial charge in [-0.2, -0.15) is 8.78 Å². The van der Waals surface area contributed by atoms with Crippen LogP contribution in [0.5, 0.6) is 0 Å². The lowest BCUT2D eigenvalue weighted by molar-refractivity contribution is -0.139. The normalized spacial score (nSPS) is 10.5. The van der Waals surface area contributed by atoms with Gasteiger partial charge in [0.2, 0.25) is 11.9 Å². The molecule has 0 spiro atoms. The fraction of sp³-hybridized carbons (Fsp3) is 0.105. The van der Waals surface area contributed by atoms with Crippen molar-refractivity contribution in [2.75, 3.05) is 7.11 Å². The Balaban J connectivity index is 2.21. The van der Waals surface area contributed by atoms with Crippen LogP contribution in [0, 0.1) is 11.9 Å². The van der Waals surface area contributed by atoms with E-state index >= 15 is 0 Å². The quantitative estimate of drug-likeness (QED) is 0.535. The topological polar surface area (TPSA) is 52.1 Å². The smallest absolute Gasteiger partial charge is 0.310 e. The Bertz CT molecular complexity index is 865. The molecular formula is C19H14F2N2O2. The monoisotopic (exact) mass is 340 g/mol. The van der Waals surface area contributed by atoms with Crippen molar-refractivity contribution in [3.05, 3.63) is 72.3 Å². The second-order valence-electron chi connectivity index (χ2n) is 5.32. The van der Waals surface area contributed by atoms with Crippen molar-refractivity contribution in [2.24, 2.45) is 0 Å². The maximum Gasteiger partial charge on any atom is 0.310 e. The predicted molar refractivity (Wildman–Crippen MR) is 88.5 cm³/mol. The number of pyridine rings is 2. The first-order valence-corrected chi connectivity index (χ1v) is 7.51. The Hall–Kier alpha value is -3.15. The number of rotatable bonds is 4. The third-order valence-corrected chi connectivity index (χ3v) is 3.80. The molecule has 0 radical (unpaired) electrons. The molecule has 126 valence electrons. The summed E-state index contributed by atoms with van der Waals surface area (Å²) in [6.07, 6.45) is 2.67. The van der Waals surface area contributed by atoms with E-state index in [4.69, 9.17) is 4.74 Å². The first-order chi connectivity index (χ1) is 12.1. The SMILES string of the molecule is COC(=O)Cc1c(-c2ccnc(F)c2)cccc1-c1ccnc(F)c1. The van der Waals surface area contributed by atoms with Crippen LogP contribution in [0.25, 0.3) is 22.3 Å². The van der Waals surface area contributed by atoms with Crippen molar-refractivity contribution < 1.29 is 18.3 Å². The molecule has 0 fully saturated rings. The molecule has 2 aromatic heterocycles. The summed E-state index contributed by atoms with van der Waals surface area (Å²) in [7, 11) is 1.29. The summed E-state index contributed by atoms with van der Waals surface area (Å²) in [4.78, 5) is 19.0. The Morgan fingerprint density at radius 2 is 1.48 bits per heavy atom. The van der Waals surface area contributed by atoms with Crippen molar-refractivity contribution >= 4 is 5.97 Å². The van der Waals surface area contributed by atoms with E-state index in [0.29, 0.717) is 27.8 Å². The minimum absolute atomic E-state index is 0.0319. The van der Waals surface area contributed by atoms with Gasteiger partial charge in [0.25, 0.3) is 0 Å². The highest BCUT2D eigenvalue weighted by atomic mass is 19.1. The van der Waals surface area contributed by atoms with Crippen LogP contribution in [-0.4, -0.2) is 23.0 Å². The van der Waals surface area contributed by atoms with Gasteiger partial charge < -0.3 is 4.74 Å². The minimum atomic E-state index is -0.623. The number of ether oxygens (including phenoxy) is 1. The maximum atomic E-state index is 13.5. The third kappa shape index (κ3) is 3.68. The lowest BCUT2D eigenvalue weighted by Gasteiger charge is -2.15. The van der Waals surface area contributed by atoms with Crippen LogP contribution in [0.4, 0.5) is 8.78 Å². The summed E-state index contributed by atoms with van der Waals surface area (Å²) in [5, 5.41) is 0. The molecule has 0 amide bonds. The van der Waals surface area contributed by atoms with Crippen molar-refractivity contribution in [3.63, 3.8) is 0 Å². The lowest BCUT2D eigenvalue weighted by atomic mass is 9.90. The Kier molecular flexibility index (Phi) is 4.79. The van der Waals surface area contributed by atoms with Gasteiger partial charge >= 0.3 is 5.97 Å². The van der Waals surface area contributed by atoms with Crippen molar-refractivity contribution in [1.29, 1.82) is 0 Å². The van der Waals surface area contributed by atoms with Gasteiger partial charge in [0.1, 0.15) is 0 Å². The van der Waals surface area contributed by atoms with Crippen LogP contribution in [-0.2, 0) is 16.0 Å². The number of hydrogen-bond donors (Lipinski definition) is 0. The number of halogens is 2. The molecule has 0 saturated carbocycles. The van der Waals surface area contributed by atoms with Crippen molar-refractivity contribution in [1.82, 2.24) is 9.97 Å². The zero-order chi connectivity index (χ0) is 17.8. The van der Waals surface area contributed by atoms with E-state index in [1.165, 1.54) is 31.6 Å². The molecule has 0 unspecified atom stereocenters. The minimum Gasteiger partial charge on any atom is -0.469 e. The van der Waals surface area contributed by atoms with Gasteiger partial charge in [0.15, 0.2) is 0 Å². The molecule has 0 aliphatic rings. The molecule has 0 N–H and O–H groups in total. The largest absolute Gasteiger partial charge is 0.469 e. The Morgan fingerprint density at radius 1 is 0.960 bits per heavy atom. The van der Waals surface area contributed by atoms with Crippen molar-refractivity contribution in [3.8, 4) is 22.3 Å². The van der Waals surface area contributed by atoms with E-state index in [2.05, 4.69) is 9.97 Å². The zero-order valence-electron chi connectivity index (χ0n) is 13.4. The molecule has 1 aromatic carbocycles. The average Bonchev–Trinajstić information content (AvgIpc) is 2.61. The Labute approximate surface area is 143 Å². The molecule has 0 atom stereocenters. The summed E-state index contributed by atoms with van der Waals surface area (Å²) < 4.78 is 31.8. The van der Waals surface area contributed by atoms with E-state index < -0.39 is 17.9 Å². The molecule has 0 saturated heterocycles. The van der Waals surface area contributed by atoms with Crippen LogP contribution in [0.3, 0.4) is 0 Å². The molecule has 0 bridgehead atoms. The molecule has 0 aliphatic heterocycles. The van der Waals surface area contributed by atoms with Gasteiger partial charge in [-0.3, -0.25) is 4.79 Å². The van der Waals surface area contributed by atoms with Crippen LogP contribution < -0.4 is 0 Å². The zero-order valence-corrected chi connectivity index (χ0v) is 13.4. The molecule has 3 aromatic rings. The van der Waals surface area contributed by atoms with Gasteiger partial charge in [0, 0.05) is 24.5 Å². The fourth-order valence-electron chi connectivity index (χ4n) is 2.67. The van der Waals surface area contributed by atoms with E-state index in [9.17, 15) is 13.6 Å². The van der Waals surface area contributed by atoms with E-state index in [1.54, 1.807) is 30.3 Å². The number of carbonyl (C=O) groups is 1. The van der Waals surface area contributed by atoms with Gasteiger partial charge in [0.05, 0.1) is 13.5 Å². The van der Waals surface area contributed by atoms with Gasteiger partial charge in [-0.1, -0.05) is 18.2 Å². The molecule has 6 heteroatoms. The summed E-state index contributed by atoms with van der Waals surface area (Å²) >= 11 is 0. The molecule has 2 heterocycles. The molecule has 0 aliphatic carbocycles. The van der Waals surface area contributed by atoms with E-state index in [1.807, 2.05) is 0 Å². The van der Waals surface area contributed by atoms with E-state index in [-0.39, 0.29) is 6.42 Å². The average molecular weight is 340 g/mol. The highest BCUT2D eigenvalue weighted by molar-refractivity contribution is 5.84. The van der Waals surface area contributed by atoms with Gasteiger partial charge in [-0.15, -0.1) is 0 Å². The standard InChI is InChI=1S/C19H14F2N2O2/c1-25-19(24)11-16-14(12-5-7-22-17(20)9-12)3-2-4-15(16)13-6-8-23-18(21)10-13/h2-10H,11H2,1H3.